The number of carbonyl (C=O) groups excluding carboxylic acids is 1. The second-order valence-corrected chi connectivity index (χ2v) is 9.08. The van der Waals surface area contributed by atoms with Crippen molar-refractivity contribution in [2.75, 3.05) is 16.8 Å². The number of para-hydroxylation sites is 1. The van der Waals surface area contributed by atoms with Gasteiger partial charge in [-0.15, -0.1) is 0 Å². The lowest BCUT2D eigenvalue weighted by Crippen LogP contribution is -2.30. The normalized spacial score (nSPS) is 12.4. The zero-order valence-electron chi connectivity index (χ0n) is 19.4. The predicted octanol–water partition coefficient (Wildman–Crippen LogP) is 6.56. The molecule has 4 heteroatoms. The maximum absolute atomic E-state index is 13.7. The van der Waals surface area contributed by atoms with Crippen molar-refractivity contribution in [1.82, 2.24) is 0 Å². The summed E-state index contributed by atoms with van der Waals surface area (Å²) in [6.07, 6.45) is 0.830. The Morgan fingerprint density at radius 2 is 1.41 bits per heavy atom. The Balaban J connectivity index is 1.43. The molecule has 168 valence electrons. The Labute approximate surface area is 206 Å². The van der Waals surface area contributed by atoms with Crippen molar-refractivity contribution in [2.24, 2.45) is 0 Å². The van der Waals surface area contributed by atoms with Crippen LogP contribution in [0.5, 0.6) is 0 Å². The van der Waals surface area contributed by atoms with Gasteiger partial charge in [-0.2, -0.15) is 0 Å². The summed E-state index contributed by atoms with van der Waals surface area (Å²) in [5.74, 6) is -0.000151. The third-order valence-corrected chi connectivity index (χ3v) is 7.03. The predicted molar refractivity (Wildman–Crippen MR) is 144 cm³/mol. The minimum atomic E-state index is -0.000151. The number of amides is 1. The molecule has 0 fully saturated rings. The lowest BCUT2D eigenvalue weighted by Gasteiger charge is -2.24. The van der Waals surface area contributed by atoms with E-state index in [2.05, 4.69) is 37.3 Å². The summed E-state index contributed by atoms with van der Waals surface area (Å²) in [7, 11) is 1.97. The van der Waals surface area contributed by atoms with Crippen LogP contribution in [0, 0.1) is 6.92 Å². The minimum Gasteiger partial charge on any atom is -0.335 e. The van der Waals surface area contributed by atoms with Gasteiger partial charge in [0.1, 0.15) is 4.99 Å². The average molecular weight is 463 g/mol. The summed E-state index contributed by atoms with van der Waals surface area (Å²) in [5.41, 5.74) is 8.40. The van der Waals surface area contributed by atoms with Gasteiger partial charge in [0.15, 0.2) is 0 Å². The fourth-order valence-electron chi connectivity index (χ4n) is 4.54. The van der Waals surface area contributed by atoms with Crippen molar-refractivity contribution >= 4 is 34.5 Å². The van der Waals surface area contributed by atoms with Gasteiger partial charge in [0, 0.05) is 29.5 Å². The fourth-order valence-corrected chi connectivity index (χ4v) is 4.88. The molecule has 0 unspecified atom stereocenters. The Kier molecular flexibility index (Phi) is 5.99. The van der Waals surface area contributed by atoms with E-state index in [0.717, 1.165) is 33.9 Å². The minimum absolute atomic E-state index is 0.000151. The monoisotopic (exact) mass is 462 g/mol. The van der Waals surface area contributed by atoms with Gasteiger partial charge < -0.3 is 9.80 Å². The van der Waals surface area contributed by atoms with Crippen LogP contribution in [-0.4, -0.2) is 17.9 Å². The van der Waals surface area contributed by atoms with Crippen LogP contribution >= 0.6 is 12.2 Å². The van der Waals surface area contributed by atoms with Crippen LogP contribution < -0.4 is 9.80 Å². The SMILES string of the molecule is Cc1ccccc1C(=S)N(C)c1ccc(C(=O)N2Cc3ccccc3Cc3ccccc32)cc1. The van der Waals surface area contributed by atoms with E-state index in [0.29, 0.717) is 12.1 Å². The Hall–Kier alpha value is -3.76. The Morgan fingerprint density at radius 1 is 0.794 bits per heavy atom. The number of benzene rings is 4. The van der Waals surface area contributed by atoms with E-state index in [-0.39, 0.29) is 5.91 Å². The number of hydrogen-bond acceptors (Lipinski definition) is 2. The molecule has 4 aromatic carbocycles. The third-order valence-electron chi connectivity index (χ3n) is 6.54. The molecule has 3 nitrogen and oxygen atoms in total. The standard InChI is InChI=1S/C30H26N2OS/c1-21-9-3-7-13-27(21)30(34)31(2)26-17-15-22(16-18-26)29(33)32-20-25-12-5-4-10-23(25)19-24-11-6-8-14-28(24)32/h3-18H,19-20H2,1-2H3. The van der Waals surface area contributed by atoms with E-state index >= 15 is 0 Å². The van der Waals surface area contributed by atoms with E-state index < -0.39 is 0 Å². The molecule has 0 radical (unpaired) electrons. The second kappa shape index (κ2) is 9.24. The number of anilines is 2. The van der Waals surface area contributed by atoms with E-state index in [1.54, 1.807) is 0 Å². The van der Waals surface area contributed by atoms with E-state index in [1.807, 2.05) is 83.6 Å². The van der Waals surface area contributed by atoms with Crippen LogP contribution in [0.4, 0.5) is 11.4 Å². The molecule has 1 heterocycles. The van der Waals surface area contributed by atoms with Crippen molar-refractivity contribution in [3.05, 3.63) is 130 Å². The van der Waals surface area contributed by atoms with Crippen molar-refractivity contribution in [3.8, 4) is 0 Å². The zero-order valence-corrected chi connectivity index (χ0v) is 20.2. The highest BCUT2D eigenvalue weighted by Crippen LogP contribution is 2.32. The lowest BCUT2D eigenvalue weighted by molar-refractivity contribution is 0.0985. The molecule has 0 saturated heterocycles. The molecule has 0 spiro atoms. The summed E-state index contributed by atoms with van der Waals surface area (Å²) in [6.45, 7) is 2.62. The topological polar surface area (TPSA) is 23.6 Å². The zero-order chi connectivity index (χ0) is 23.7. The highest BCUT2D eigenvalue weighted by Gasteiger charge is 2.25. The molecule has 1 aliphatic rings. The molecule has 4 aromatic rings. The molecule has 0 aromatic heterocycles. The summed E-state index contributed by atoms with van der Waals surface area (Å²) in [4.78, 5) is 18.3. The van der Waals surface area contributed by atoms with Gasteiger partial charge in [-0.05, 0) is 65.9 Å². The third kappa shape index (κ3) is 4.13. The van der Waals surface area contributed by atoms with E-state index in [4.69, 9.17) is 12.2 Å². The maximum Gasteiger partial charge on any atom is 0.258 e. The smallest absolute Gasteiger partial charge is 0.258 e. The van der Waals surface area contributed by atoms with Gasteiger partial charge in [0.2, 0.25) is 0 Å². The molecule has 5 rings (SSSR count). The maximum atomic E-state index is 13.7. The van der Waals surface area contributed by atoms with Gasteiger partial charge in [0.25, 0.3) is 5.91 Å². The average Bonchev–Trinajstić information content (AvgIpc) is 3.04. The molecule has 34 heavy (non-hydrogen) atoms. The van der Waals surface area contributed by atoms with Gasteiger partial charge in [-0.1, -0.05) is 78.9 Å². The largest absolute Gasteiger partial charge is 0.335 e. The lowest BCUT2D eigenvalue weighted by atomic mass is 10.0. The first-order chi connectivity index (χ1) is 16.5. The molecule has 0 saturated carbocycles. The van der Waals surface area contributed by atoms with Gasteiger partial charge in [-0.3, -0.25) is 4.79 Å². The van der Waals surface area contributed by atoms with Crippen molar-refractivity contribution in [2.45, 2.75) is 19.9 Å². The highest BCUT2D eigenvalue weighted by molar-refractivity contribution is 7.81. The van der Waals surface area contributed by atoms with Crippen LogP contribution in [0.25, 0.3) is 0 Å². The van der Waals surface area contributed by atoms with Crippen LogP contribution in [0.2, 0.25) is 0 Å². The van der Waals surface area contributed by atoms with Gasteiger partial charge in [-0.25, -0.2) is 0 Å². The summed E-state index contributed by atoms with van der Waals surface area (Å²) < 4.78 is 0. The number of hydrogen-bond donors (Lipinski definition) is 0. The Bertz CT molecular complexity index is 1380. The van der Waals surface area contributed by atoms with Crippen molar-refractivity contribution < 1.29 is 4.79 Å². The summed E-state index contributed by atoms with van der Waals surface area (Å²) in [5, 5.41) is 0. The van der Waals surface area contributed by atoms with E-state index in [1.165, 1.54) is 16.7 Å². The fraction of sp³-hybridized carbons (Fsp3) is 0.133. The molecule has 0 atom stereocenters. The number of fused-ring (bicyclic) bond motifs is 2. The number of thiocarbonyl (C=S) groups is 1. The van der Waals surface area contributed by atoms with E-state index in [9.17, 15) is 4.79 Å². The van der Waals surface area contributed by atoms with Crippen LogP contribution in [-0.2, 0) is 13.0 Å². The molecule has 1 amide bonds. The summed E-state index contributed by atoms with van der Waals surface area (Å²) >= 11 is 5.75. The molecular weight excluding hydrogens is 436 g/mol. The van der Waals surface area contributed by atoms with Gasteiger partial charge >= 0.3 is 0 Å². The number of rotatable bonds is 3. The van der Waals surface area contributed by atoms with Crippen molar-refractivity contribution in [1.29, 1.82) is 0 Å². The number of carbonyl (C=O) groups is 1. The first kappa shape index (κ1) is 22.1. The first-order valence-corrected chi connectivity index (χ1v) is 11.8. The second-order valence-electron chi connectivity index (χ2n) is 8.69. The van der Waals surface area contributed by atoms with Crippen molar-refractivity contribution in [3.63, 3.8) is 0 Å². The quantitative estimate of drug-likeness (QED) is 0.322. The van der Waals surface area contributed by atoms with Crippen LogP contribution in [0.3, 0.4) is 0 Å². The van der Waals surface area contributed by atoms with Crippen LogP contribution in [0.15, 0.2) is 97.1 Å². The molecule has 0 N–H and O–H groups in total. The van der Waals surface area contributed by atoms with Gasteiger partial charge in [0.05, 0.1) is 6.54 Å². The molecule has 1 aliphatic heterocycles. The van der Waals surface area contributed by atoms with Crippen LogP contribution in [0.1, 0.15) is 38.2 Å². The molecular formula is C30H26N2OS. The Morgan fingerprint density at radius 3 is 2.15 bits per heavy atom. The number of aryl methyl sites for hydroxylation is 1. The summed E-state index contributed by atoms with van der Waals surface area (Å²) in [6, 6.07) is 32.4. The first-order valence-electron chi connectivity index (χ1n) is 11.4. The highest BCUT2D eigenvalue weighted by atomic mass is 32.1. The molecule has 0 aliphatic carbocycles. The number of nitrogens with zero attached hydrogens (tertiary/aromatic N) is 2. The molecule has 0 bridgehead atoms.